The lowest BCUT2D eigenvalue weighted by atomic mass is 9.98. The van der Waals surface area contributed by atoms with Crippen LogP contribution in [0, 0.1) is 0 Å². The van der Waals surface area contributed by atoms with Gasteiger partial charge in [-0.25, -0.2) is 10.8 Å². The van der Waals surface area contributed by atoms with E-state index < -0.39 is 0 Å². The fourth-order valence-corrected chi connectivity index (χ4v) is 5.46. The minimum atomic E-state index is -0.379. The van der Waals surface area contributed by atoms with E-state index in [1.807, 2.05) is 35.2 Å². The van der Waals surface area contributed by atoms with Crippen molar-refractivity contribution in [2.45, 2.75) is 50.7 Å². The molecule has 10 nitrogen and oxygen atoms in total. The highest BCUT2D eigenvalue weighted by Gasteiger charge is 2.36. The molecule has 3 heterocycles. The molecule has 0 bridgehead atoms. The number of amides is 2. The van der Waals surface area contributed by atoms with Crippen molar-refractivity contribution in [2.75, 3.05) is 30.3 Å². The minimum Gasteiger partial charge on any atom is -0.393 e. The lowest BCUT2D eigenvalue weighted by molar-refractivity contribution is -0.127. The summed E-state index contributed by atoms with van der Waals surface area (Å²) in [7, 11) is 0. The van der Waals surface area contributed by atoms with E-state index in [1.54, 1.807) is 6.07 Å². The van der Waals surface area contributed by atoms with Crippen LogP contribution in [0.3, 0.4) is 0 Å². The van der Waals surface area contributed by atoms with E-state index in [2.05, 4.69) is 15.2 Å². The van der Waals surface area contributed by atoms with E-state index in [-0.39, 0.29) is 29.6 Å². The third-order valence-electron chi connectivity index (χ3n) is 7.34. The number of anilines is 2. The summed E-state index contributed by atoms with van der Waals surface area (Å²) in [5, 5.41) is 4.34. The number of carbonyl (C=O) groups is 2. The molecule has 190 valence electrons. The summed E-state index contributed by atoms with van der Waals surface area (Å²) in [6.07, 6.45) is 6.18. The smallest absolute Gasteiger partial charge is 0.269 e. The van der Waals surface area contributed by atoms with E-state index in [9.17, 15) is 9.59 Å². The predicted octanol–water partition coefficient (Wildman–Crippen LogP) is 1.14. The molecule has 36 heavy (non-hydrogen) atoms. The largest absolute Gasteiger partial charge is 0.393 e. The fourth-order valence-electron chi connectivity index (χ4n) is 5.46. The van der Waals surface area contributed by atoms with Crippen LogP contribution in [-0.2, 0) is 22.6 Å². The van der Waals surface area contributed by atoms with Crippen molar-refractivity contribution in [3.63, 3.8) is 0 Å². The number of aromatic nitrogens is 1. The van der Waals surface area contributed by atoms with Gasteiger partial charge in [0.25, 0.3) is 5.91 Å². The van der Waals surface area contributed by atoms with Gasteiger partial charge in [-0.1, -0.05) is 24.6 Å². The lowest BCUT2D eigenvalue weighted by Gasteiger charge is -2.43. The van der Waals surface area contributed by atoms with E-state index >= 15 is 0 Å². The van der Waals surface area contributed by atoms with E-state index in [4.69, 9.17) is 17.3 Å². The normalized spacial score (nSPS) is 22.2. The van der Waals surface area contributed by atoms with Crippen LogP contribution in [0.15, 0.2) is 48.3 Å². The first-order chi connectivity index (χ1) is 17.4. The first-order valence-corrected chi connectivity index (χ1v) is 12.6. The molecule has 1 aromatic heterocycles. The van der Waals surface area contributed by atoms with Crippen LogP contribution in [0.2, 0.25) is 0 Å². The highest BCUT2D eigenvalue weighted by Crippen LogP contribution is 2.30. The zero-order valence-corrected chi connectivity index (χ0v) is 20.4. The van der Waals surface area contributed by atoms with Crippen molar-refractivity contribution in [2.24, 2.45) is 11.6 Å². The maximum absolute atomic E-state index is 13.0. The third-order valence-corrected chi connectivity index (χ3v) is 7.34. The molecular weight excluding hydrogens is 456 g/mol. The molecule has 2 atom stereocenters. The number of nitrogens with one attached hydrogen (secondary N) is 1. The molecule has 0 radical (unpaired) electrons. The Morgan fingerprint density at radius 1 is 1.11 bits per heavy atom. The van der Waals surface area contributed by atoms with Crippen LogP contribution < -0.4 is 27.5 Å². The number of nitrogen functional groups attached to an aromatic ring is 1. The second-order valence-corrected chi connectivity index (χ2v) is 9.80. The summed E-state index contributed by atoms with van der Waals surface area (Å²) in [5.74, 6) is 6.42. The number of piperidine rings is 1. The first kappa shape index (κ1) is 24.1. The Kier molecular flexibility index (Phi) is 6.80. The van der Waals surface area contributed by atoms with Gasteiger partial charge in [0.05, 0.1) is 18.6 Å². The number of pyridine rings is 1. The van der Waals surface area contributed by atoms with Crippen LogP contribution in [-0.4, -0.2) is 52.4 Å². The van der Waals surface area contributed by atoms with Crippen molar-refractivity contribution in [3.05, 3.63) is 65.1 Å². The second-order valence-electron chi connectivity index (χ2n) is 9.80. The van der Waals surface area contributed by atoms with Gasteiger partial charge in [0, 0.05) is 30.7 Å². The number of nitrogens with zero attached hydrogens (tertiary/aromatic N) is 4. The fraction of sp³-hybridized carbons (Fsp3) is 0.423. The van der Waals surface area contributed by atoms with E-state index in [1.165, 1.54) is 17.6 Å². The maximum atomic E-state index is 13.0. The van der Waals surface area contributed by atoms with Gasteiger partial charge in [-0.2, -0.15) is 0 Å². The monoisotopic (exact) mass is 490 g/mol. The van der Waals surface area contributed by atoms with Gasteiger partial charge in [-0.15, -0.1) is 0 Å². The summed E-state index contributed by atoms with van der Waals surface area (Å²) in [6, 6.07) is 11.3. The summed E-state index contributed by atoms with van der Waals surface area (Å²) in [4.78, 5) is 34.2. The van der Waals surface area contributed by atoms with Crippen LogP contribution in [0.5, 0.6) is 0 Å². The number of carbonyl (C=O) groups excluding carboxylic acids is 2. The SMILES string of the molecule is N/C(=C\N(N)Cc1ccc(N2CCN3CCCCC3C2=O)cc1)C(=O)NC1CCc2nc(N)ccc21. The molecule has 2 unspecified atom stereocenters. The van der Waals surface area contributed by atoms with Crippen molar-refractivity contribution < 1.29 is 9.59 Å². The first-order valence-electron chi connectivity index (χ1n) is 12.6. The van der Waals surface area contributed by atoms with Gasteiger partial charge in [-0.3, -0.25) is 14.5 Å². The van der Waals surface area contributed by atoms with Gasteiger partial charge < -0.3 is 26.7 Å². The Balaban J connectivity index is 1.16. The van der Waals surface area contributed by atoms with Crippen molar-refractivity contribution in [1.82, 2.24) is 20.2 Å². The number of hydrogen-bond donors (Lipinski definition) is 4. The molecule has 0 spiro atoms. The number of aryl methyl sites for hydroxylation is 1. The van der Waals surface area contributed by atoms with Gasteiger partial charge in [0.15, 0.2) is 0 Å². The molecule has 2 saturated heterocycles. The predicted molar refractivity (Wildman–Crippen MR) is 138 cm³/mol. The van der Waals surface area contributed by atoms with E-state index in [0.29, 0.717) is 18.9 Å². The third kappa shape index (κ3) is 5.00. The number of nitrogens with two attached hydrogens (primary N) is 3. The van der Waals surface area contributed by atoms with Crippen LogP contribution in [0.1, 0.15) is 48.5 Å². The molecule has 2 aliphatic heterocycles. The minimum absolute atomic E-state index is 0.0121. The van der Waals surface area contributed by atoms with Crippen LogP contribution in [0.4, 0.5) is 11.5 Å². The summed E-state index contributed by atoms with van der Waals surface area (Å²) in [5.41, 5.74) is 15.5. The molecule has 5 rings (SSSR count). The molecule has 0 saturated carbocycles. The molecule has 10 heteroatoms. The topological polar surface area (TPSA) is 147 Å². The lowest BCUT2D eigenvalue weighted by Crippen LogP contribution is -2.58. The molecular formula is C26H34N8O2. The maximum Gasteiger partial charge on any atom is 0.269 e. The number of hydrogen-bond acceptors (Lipinski definition) is 8. The van der Waals surface area contributed by atoms with Gasteiger partial charge in [0.2, 0.25) is 5.91 Å². The quantitative estimate of drug-likeness (QED) is 0.268. The molecule has 1 aromatic carbocycles. The number of fused-ring (bicyclic) bond motifs is 2. The molecule has 2 amide bonds. The Morgan fingerprint density at radius 2 is 1.92 bits per heavy atom. The summed E-state index contributed by atoms with van der Waals surface area (Å²) in [6.45, 7) is 3.01. The Morgan fingerprint density at radius 3 is 2.72 bits per heavy atom. The summed E-state index contributed by atoms with van der Waals surface area (Å²) >= 11 is 0. The zero-order valence-electron chi connectivity index (χ0n) is 20.4. The van der Waals surface area contributed by atoms with Crippen molar-refractivity contribution >= 4 is 23.3 Å². The molecule has 2 fully saturated rings. The molecule has 1 aliphatic carbocycles. The average molecular weight is 491 g/mol. The Labute approximate surface area is 211 Å². The van der Waals surface area contributed by atoms with Gasteiger partial charge in [0.1, 0.15) is 11.5 Å². The number of rotatable bonds is 6. The van der Waals surface area contributed by atoms with Gasteiger partial charge >= 0.3 is 0 Å². The number of hydrazine groups is 1. The number of benzene rings is 1. The Hall–Kier alpha value is -3.63. The van der Waals surface area contributed by atoms with Crippen molar-refractivity contribution in [3.8, 4) is 0 Å². The molecule has 2 aromatic rings. The molecule has 3 aliphatic rings. The van der Waals surface area contributed by atoms with Crippen LogP contribution >= 0.6 is 0 Å². The summed E-state index contributed by atoms with van der Waals surface area (Å²) < 4.78 is 0. The van der Waals surface area contributed by atoms with E-state index in [0.717, 1.165) is 61.3 Å². The van der Waals surface area contributed by atoms with Crippen molar-refractivity contribution in [1.29, 1.82) is 0 Å². The zero-order chi connectivity index (χ0) is 25.2. The highest BCUT2D eigenvalue weighted by atomic mass is 16.2. The average Bonchev–Trinajstić information content (AvgIpc) is 3.26. The molecule has 7 N–H and O–H groups in total. The standard InChI is InChI=1S/C26H34N8O2/c27-20(25(35)31-22-10-9-21-19(22)8-11-24(28)30-21)16-33(29)15-17-4-6-18(7-5-17)34-14-13-32-12-2-1-3-23(32)26(34)36/h4-8,11,16,22-23H,1-3,9-10,12-15,27,29H2,(H2,28,30)(H,31,35)/b20-16-. The Bertz CT molecular complexity index is 1170. The van der Waals surface area contributed by atoms with Gasteiger partial charge in [-0.05, 0) is 61.6 Å². The number of piperazine rings is 1. The highest BCUT2D eigenvalue weighted by molar-refractivity contribution is 5.98. The second kappa shape index (κ2) is 10.2. The van der Waals surface area contributed by atoms with Crippen LogP contribution in [0.25, 0.3) is 0 Å².